The summed E-state index contributed by atoms with van der Waals surface area (Å²) in [4.78, 5) is 14.7. The monoisotopic (exact) mass is 292 g/mol. The first-order valence-electron chi connectivity index (χ1n) is 7.38. The minimum atomic E-state index is -0.0796. The van der Waals surface area contributed by atoms with Crippen molar-refractivity contribution in [2.45, 2.75) is 12.8 Å². The van der Waals surface area contributed by atoms with E-state index in [9.17, 15) is 4.79 Å². The Bertz CT molecular complexity index is 868. The Labute approximate surface area is 127 Å². The molecule has 0 saturated carbocycles. The molecule has 1 aromatic heterocycles. The predicted molar refractivity (Wildman–Crippen MR) is 86.9 cm³/mol. The van der Waals surface area contributed by atoms with Gasteiger partial charge in [0.1, 0.15) is 0 Å². The number of anilines is 2. The van der Waals surface area contributed by atoms with E-state index >= 15 is 0 Å². The zero-order chi connectivity index (χ0) is 15.1. The van der Waals surface area contributed by atoms with Gasteiger partial charge < -0.3 is 10.6 Å². The number of nitrogens with one attached hydrogen (secondary N) is 1. The maximum Gasteiger partial charge on any atom is 0.279 e. The smallest absolute Gasteiger partial charge is 0.279 e. The molecular formula is C17H16N4O. The molecule has 0 fully saturated rings. The fraction of sp³-hybridized carbons (Fsp3) is 0.176. The minimum absolute atomic E-state index is 0.0796. The molecule has 1 amide bonds. The van der Waals surface area contributed by atoms with Gasteiger partial charge in [0.15, 0.2) is 5.69 Å². The van der Waals surface area contributed by atoms with Gasteiger partial charge in [-0.3, -0.25) is 9.89 Å². The summed E-state index contributed by atoms with van der Waals surface area (Å²) in [5.41, 5.74) is 10.1. The molecule has 5 nitrogen and oxygen atoms in total. The highest BCUT2D eigenvalue weighted by Crippen LogP contribution is 2.32. The van der Waals surface area contributed by atoms with Crippen molar-refractivity contribution in [1.29, 1.82) is 0 Å². The van der Waals surface area contributed by atoms with Crippen molar-refractivity contribution in [1.82, 2.24) is 10.2 Å². The summed E-state index contributed by atoms with van der Waals surface area (Å²) in [5.74, 6) is -0.0796. The van der Waals surface area contributed by atoms with Crippen LogP contribution in [0.4, 0.5) is 11.4 Å². The lowest BCUT2D eigenvalue weighted by Gasteiger charge is -2.29. The molecule has 3 N–H and O–H groups in total. The maximum absolute atomic E-state index is 13.0. The normalized spacial score (nSPS) is 14.1. The lowest BCUT2D eigenvalue weighted by molar-refractivity contribution is 0.0982. The van der Waals surface area contributed by atoms with Crippen LogP contribution in [-0.4, -0.2) is 22.6 Å². The van der Waals surface area contributed by atoms with Gasteiger partial charge in [-0.15, -0.1) is 0 Å². The summed E-state index contributed by atoms with van der Waals surface area (Å²) in [6.07, 6.45) is 1.82. The third-order valence-corrected chi connectivity index (χ3v) is 4.20. The molecule has 0 radical (unpaired) electrons. The SMILES string of the molecule is Nc1cccc2c1CCCN2C(=O)c1n[nH]c2ccccc12. The van der Waals surface area contributed by atoms with Crippen LogP contribution < -0.4 is 10.6 Å². The van der Waals surface area contributed by atoms with E-state index in [2.05, 4.69) is 10.2 Å². The summed E-state index contributed by atoms with van der Waals surface area (Å²) >= 11 is 0. The van der Waals surface area contributed by atoms with E-state index in [1.54, 1.807) is 4.90 Å². The molecule has 1 aliphatic rings. The largest absolute Gasteiger partial charge is 0.398 e. The topological polar surface area (TPSA) is 75.0 Å². The van der Waals surface area contributed by atoms with Gasteiger partial charge in [0.05, 0.1) is 5.52 Å². The second-order valence-corrected chi connectivity index (χ2v) is 5.52. The fourth-order valence-corrected chi connectivity index (χ4v) is 3.12. The highest BCUT2D eigenvalue weighted by molar-refractivity contribution is 6.13. The number of aromatic amines is 1. The third kappa shape index (κ3) is 1.86. The summed E-state index contributed by atoms with van der Waals surface area (Å²) in [7, 11) is 0. The highest BCUT2D eigenvalue weighted by atomic mass is 16.2. The van der Waals surface area contributed by atoms with Crippen LogP contribution >= 0.6 is 0 Å². The summed E-state index contributed by atoms with van der Waals surface area (Å²) < 4.78 is 0. The molecule has 1 aliphatic heterocycles. The van der Waals surface area contributed by atoms with E-state index in [-0.39, 0.29) is 5.91 Å². The first kappa shape index (κ1) is 12.9. The Hall–Kier alpha value is -2.82. The number of para-hydroxylation sites is 1. The van der Waals surface area contributed by atoms with Gasteiger partial charge in [-0.25, -0.2) is 0 Å². The molecule has 2 heterocycles. The zero-order valence-corrected chi connectivity index (χ0v) is 12.0. The van der Waals surface area contributed by atoms with Gasteiger partial charge >= 0.3 is 0 Å². The molecule has 110 valence electrons. The van der Waals surface area contributed by atoms with Gasteiger partial charge in [0, 0.05) is 23.3 Å². The number of carbonyl (C=O) groups excluding carboxylic acids is 1. The zero-order valence-electron chi connectivity index (χ0n) is 12.0. The minimum Gasteiger partial charge on any atom is -0.398 e. The first-order chi connectivity index (χ1) is 10.8. The van der Waals surface area contributed by atoms with Crippen LogP contribution in [-0.2, 0) is 6.42 Å². The number of H-pyrrole nitrogens is 1. The van der Waals surface area contributed by atoms with Crippen molar-refractivity contribution in [3.8, 4) is 0 Å². The molecule has 4 rings (SSSR count). The number of hydrogen-bond acceptors (Lipinski definition) is 3. The van der Waals surface area contributed by atoms with Gasteiger partial charge in [0.25, 0.3) is 5.91 Å². The van der Waals surface area contributed by atoms with Crippen molar-refractivity contribution in [2.75, 3.05) is 17.2 Å². The fourth-order valence-electron chi connectivity index (χ4n) is 3.12. The van der Waals surface area contributed by atoms with Crippen molar-refractivity contribution in [3.63, 3.8) is 0 Å². The van der Waals surface area contributed by atoms with Gasteiger partial charge in [-0.1, -0.05) is 24.3 Å². The van der Waals surface area contributed by atoms with Crippen molar-refractivity contribution in [3.05, 3.63) is 53.7 Å². The number of fused-ring (bicyclic) bond motifs is 2. The van der Waals surface area contributed by atoms with E-state index < -0.39 is 0 Å². The van der Waals surface area contributed by atoms with Crippen LogP contribution in [0.3, 0.4) is 0 Å². The van der Waals surface area contributed by atoms with Crippen LogP contribution in [0.1, 0.15) is 22.5 Å². The quantitative estimate of drug-likeness (QED) is 0.677. The van der Waals surface area contributed by atoms with Crippen molar-refractivity contribution >= 4 is 28.2 Å². The van der Waals surface area contributed by atoms with Crippen LogP contribution in [0.2, 0.25) is 0 Å². The second kappa shape index (κ2) is 4.87. The molecule has 0 unspecified atom stereocenters. The second-order valence-electron chi connectivity index (χ2n) is 5.52. The number of aromatic nitrogens is 2. The average molecular weight is 292 g/mol. The molecule has 0 aliphatic carbocycles. The van der Waals surface area contributed by atoms with E-state index in [1.807, 2.05) is 42.5 Å². The van der Waals surface area contributed by atoms with Gasteiger partial charge in [-0.05, 0) is 36.6 Å². The molecule has 5 heteroatoms. The lowest BCUT2D eigenvalue weighted by Crippen LogP contribution is -2.36. The van der Waals surface area contributed by atoms with Crippen LogP contribution in [0.25, 0.3) is 10.9 Å². The summed E-state index contributed by atoms with van der Waals surface area (Å²) in [5, 5.41) is 7.99. The van der Waals surface area contributed by atoms with Gasteiger partial charge in [0.2, 0.25) is 0 Å². The molecular weight excluding hydrogens is 276 g/mol. The summed E-state index contributed by atoms with van der Waals surface area (Å²) in [6, 6.07) is 13.4. The van der Waals surface area contributed by atoms with Crippen LogP contribution in [0.15, 0.2) is 42.5 Å². The van der Waals surface area contributed by atoms with E-state index in [1.165, 1.54) is 0 Å². The molecule has 0 spiro atoms. The lowest BCUT2D eigenvalue weighted by atomic mass is 9.99. The number of rotatable bonds is 1. The van der Waals surface area contributed by atoms with E-state index in [4.69, 9.17) is 5.73 Å². The third-order valence-electron chi connectivity index (χ3n) is 4.20. The number of hydrogen-bond donors (Lipinski definition) is 2. The molecule has 0 bridgehead atoms. The Morgan fingerprint density at radius 1 is 1.18 bits per heavy atom. The average Bonchev–Trinajstić information content (AvgIpc) is 2.98. The van der Waals surface area contributed by atoms with Crippen LogP contribution in [0, 0.1) is 0 Å². The van der Waals surface area contributed by atoms with Crippen LogP contribution in [0.5, 0.6) is 0 Å². The van der Waals surface area contributed by atoms with E-state index in [0.29, 0.717) is 12.2 Å². The highest BCUT2D eigenvalue weighted by Gasteiger charge is 2.27. The van der Waals surface area contributed by atoms with Gasteiger partial charge in [-0.2, -0.15) is 5.10 Å². The number of nitrogens with two attached hydrogens (primary N) is 1. The molecule has 0 atom stereocenters. The Morgan fingerprint density at radius 3 is 2.95 bits per heavy atom. The van der Waals surface area contributed by atoms with E-state index in [0.717, 1.165) is 40.7 Å². The number of amides is 1. The van der Waals surface area contributed by atoms with Crippen molar-refractivity contribution < 1.29 is 4.79 Å². The predicted octanol–water partition coefficient (Wildman–Crippen LogP) is 2.74. The molecule has 0 saturated heterocycles. The molecule has 2 aromatic carbocycles. The first-order valence-corrected chi connectivity index (χ1v) is 7.38. The maximum atomic E-state index is 13.0. The summed E-state index contributed by atoms with van der Waals surface area (Å²) in [6.45, 7) is 0.691. The number of carbonyl (C=O) groups is 1. The Morgan fingerprint density at radius 2 is 2.05 bits per heavy atom. The standard InChI is InChI=1S/C17H16N4O/c18-13-7-3-9-15-11(13)6-4-10-21(15)17(22)16-12-5-1-2-8-14(12)19-20-16/h1-3,5,7-9H,4,6,10,18H2,(H,19,20). The number of nitrogen functional groups attached to an aromatic ring is 1. The number of nitrogens with zero attached hydrogens (tertiary/aromatic N) is 2. The molecule has 3 aromatic rings. The van der Waals surface area contributed by atoms with Crippen molar-refractivity contribution in [2.24, 2.45) is 0 Å². The number of benzene rings is 2. The molecule has 22 heavy (non-hydrogen) atoms. The Balaban J connectivity index is 1.80. The Kier molecular flexibility index (Phi) is 2.85.